The van der Waals surface area contributed by atoms with Gasteiger partial charge in [0, 0.05) is 29.7 Å². The average Bonchev–Trinajstić information content (AvgIpc) is 2.85. The Labute approximate surface area is 217 Å². The summed E-state index contributed by atoms with van der Waals surface area (Å²) in [6.07, 6.45) is 2.80. The smallest absolute Gasteiger partial charge is 0.243 e. The Morgan fingerprint density at radius 3 is 2.17 bits per heavy atom. The van der Waals surface area contributed by atoms with E-state index < -0.39 is 10.0 Å². The molecular weight excluding hydrogens is 503 g/mol. The lowest BCUT2D eigenvalue weighted by Crippen LogP contribution is -2.45. The topological polar surface area (TPSA) is 57.7 Å². The molecule has 0 N–H and O–H groups in total. The number of hydrogen-bond donors (Lipinski definition) is 0. The van der Waals surface area contributed by atoms with Crippen molar-refractivity contribution >= 4 is 39.1 Å². The fourth-order valence-corrected chi connectivity index (χ4v) is 6.12. The van der Waals surface area contributed by atoms with Gasteiger partial charge in [0.2, 0.25) is 15.9 Å². The van der Waals surface area contributed by atoms with Gasteiger partial charge in [-0.05, 0) is 72.7 Å². The number of carbonyl (C=O) groups excluding carboxylic acids is 1. The summed E-state index contributed by atoms with van der Waals surface area (Å²) in [7, 11) is -3.93. The minimum atomic E-state index is -3.93. The van der Waals surface area contributed by atoms with E-state index in [-0.39, 0.29) is 23.9 Å². The molecule has 0 aliphatic carbocycles. The van der Waals surface area contributed by atoms with Gasteiger partial charge in [-0.15, -0.1) is 0 Å². The lowest BCUT2D eigenvalue weighted by Gasteiger charge is -2.33. The summed E-state index contributed by atoms with van der Waals surface area (Å²) >= 11 is 12.1. The molecular formula is C27H28Cl2N2O3S. The monoisotopic (exact) mass is 530 g/mol. The first-order chi connectivity index (χ1) is 16.8. The van der Waals surface area contributed by atoms with Crippen LogP contribution in [0.5, 0.6) is 0 Å². The summed E-state index contributed by atoms with van der Waals surface area (Å²) in [5.41, 5.74) is 2.02. The van der Waals surface area contributed by atoms with Gasteiger partial charge in [0.1, 0.15) is 0 Å². The van der Waals surface area contributed by atoms with Gasteiger partial charge in [0.15, 0.2) is 0 Å². The second-order valence-corrected chi connectivity index (χ2v) is 11.7. The van der Waals surface area contributed by atoms with Crippen LogP contribution < -0.4 is 0 Å². The van der Waals surface area contributed by atoms with Crippen molar-refractivity contribution in [2.75, 3.05) is 19.6 Å². The summed E-state index contributed by atoms with van der Waals surface area (Å²) in [6.45, 7) is 1.06. The number of sulfonamides is 1. The number of halogens is 2. The van der Waals surface area contributed by atoms with Crippen LogP contribution in [0.15, 0.2) is 83.8 Å². The van der Waals surface area contributed by atoms with Crippen LogP contribution in [0.1, 0.15) is 24.0 Å². The minimum absolute atomic E-state index is 0.0434. The second-order valence-electron chi connectivity index (χ2n) is 8.87. The summed E-state index contributed by atoms with van der Waals surface area (Å²) in [5, 5.41) is 0.956. The molecule has 0 atom stereocenters. The molecule has 0 bridgehead atoms. The van der Waals surface area contributed by atoms with E-state index in [1.54, 1.807) is 29.2 Å². The predicted molar refractivity (Wildman–Crippen MR) is 140 cm³/mol. The van der Waals surface area contributed by atoms with E-state index in [1.807, 2.05) is 18.2 Å². The summed E-state index contributed by atoms with van der Waals surface area (Å²) in [6, 6.07) is 23.4. The molecule has 4 rings (SSSR count). The van der Waals surface area contributed by atoms with Gasteiger partial charge in [-0.2, -0.15) is 4.31 Å². The highest BCUT2D eigenvalue weighted by atomic mass is 35.5. The van der Waals surface area contributed by atoms with Crippen molar-refractivity contribution in [3.63, 3.8) is 0 Å². The molecule has 1 heterocycles. The zero-order chi connectivity index (χ0) is 24.8. The maximum Gasteiger partial charge on any atom is 0.243 e. The molecule has 1 saturated heterocycles. The van der Waals surface area contributed by atoms with Gasteiger partial charge in [-0.1, -0.05) is 65.7 Å². The average molecular weight is 532 g/mol. The lowest BCUT2D eigenvalue weighted by atomic mass is 9.90. The van der Waals surface area contributed by atoms with Crippen molar-refractivity contribution in [1.82, 2.24) is 9.21 Å². The van der Waals surface area contributed by atoms with Gasteiger partial charge in [-0.3, -0.25) is 4.79 Å². The van der Waals surface area contributed by atoms with Crippen molar-refractivity contribution in [1.29, 1.82) is 0 Å². The zero-order valence-electron chi connectivity index (χ0n) is 19.3. The van der Waals surface area contributed by atoms with Gasteiger partial charge in [0.25, 0.3) is 0 Å². The molecule has 0 unspecified atom stereocenters. The van der Waals surface area contributed by atoms with Crippen LogP contribution in [-0.2, 0) is 27.8 Å². The van der Waals surface area contributed by atoms with Crippen LogP contribution in [0.2, 0.25) is 10.0 Å². The Bertz CT molecular complexity index is 1240. The molecule has 0 spiro atoms. The number of piperidine rings is 1. The first kappa shape index (κ1) is 25.7. The van der Waals surface area contributed by atoms with Crippen molar-refractivity contribution < 1.29 is 13.2 Å². The number of rotatable bonds is 8. The highest BCUT2D eigenvalue weighted by Crippen LogP contribution is 2.24. The maximum atomic E-state index is 13.5. The second kappa shape index (κ2) is 11.6. The number of likely N-dealkylation sites (tertiary alicyclic amines) is 1. The molecule has 1 aliphatic rings. The van der Waals surface area contributed by atoms with Crippen LogP contribution in [-0.4, -0.2) is 43.2 Å². The summed E-state index contributed by atoms with van der Waals surface area (Å²) < 4.78 is 28.2. The van der Waals surface area contributed by atoms with Gasteiger partial charge in [0.05, 0.1) is 11.4 Å². The molecule has 8 heteroatoms. The molecule has 0 aromatic heterocycles. The van der Waals surface area contributed by atoms with E-state index in [0.29, 0.717) is 34.6 Å². The van der Waals surface area contributed by atoms with Crippen LogP contribution in [0, 0.1) is 5.92 Å². The molecule has 1 fully saturated rings. The number of amides is 1. The predicted octanol–water partition coefficient (Wildman–Crippen LogP) is 5.67. The Kier molecular flexibility index (Phi) is 8.50. The van der Waals surface area contributed by atoms with Crippen LogP contribution >= 0.6 is 23.2 Å². The first-order valence-electron chi connectivity index (χ1n) is 11.6. The summed E-state index contributed by atoms with van der Waals surface area (Å²) in [5.74, 6) is 0.324. The van der Waals surface area contributed by atoms with Gasteiger partial charge >= 0.3 is 0 Å². The fourth-order valence-electron chi connectivity index (χ4n) is 4.41. The lowest BCUT2D eigenvalue weighted by molar-refractivity contribution is -0.132. The summed E-state index contributed by atoms with van der Waals surface area (Å²) in [4.78, 5) is 15.1. The Morgan fingerprint density at radius 2 is 1.51 bits per heavy atom. The fraction of sp³-hybridized carbons (Fsp3) is 0.296. The van der Waals surface area contributed by atoms with Gasteiger partial charge < -0.3 is 4.90 Å². The van der Waals surface area contributed by atoms with Gasteiger partial charge in [-0.25, -0.2) is 8.42 Å². The Hall–Kier alpha value is -2.38. The third-order valence-corrected chi connectivity index (χ3v) is 8.64. The van der Waals surface area contributed by atoms with Crippen molar-refractivity contribution in [3.05, 3.63) is 100 Å². The molecule has 3 aromatic carbocycles. The quantitative estimate of drug-likeness (QED) is 0.377. The third-order valence-electron chi connectivity index (χ3n) is 6.35. The number of nitrogens with zero attached hydrogens (tertiary/aromatic N) is 2. The van der Waals surface area contributed by atoms with E-state index >= 15 is 0 Å². The molecule has 0 radical (unpaired) electrons. The van der Waals surface area contributed by atoms with Crippen LogP contribution in [0.4, 0.5) is 0 Å². The normalized spacial score (nSPS) is 14.9. The maximum absolute atomic E-state index is 13.5. The van der Waals surface area contributed by atoms with Crippen LogP contribution in [0.25, 0.3) is 0 Å². The molecule has 1 aliphatic heterocycles. The molecule has 35 heavy (non-hydrogen) atoms. The van der Waals surface area contributed by atoms with E-state index in [2.05, 4.69) is 12.1 Å². The van der Waals surface area contributed by atoms with Crippen molar-refractivity contribution in [2.24, 2.45) is 5.92 Å². The standard InChI is InChI=1S/C27H28Cl2N2O3S/c28-24-9-11-26(12-10-24)35(33,34)31(19-23-7-4-8-25(29)18-23)20-27(32)30-15-13-22(14-16-30)17-21-5-2-1-3-6-21/h1-12,18,22H,13-17,19-20H2. The number of hydrogen-bond acceptors (Lipinski definition) is 3. The highest BCUT2D eigenvalue weighted by Gasteiger charge is 2.30. The van der Waals surface area contributed by atoms with E-state index in [1.165, 1.54) is 34.1 Å². The van der Waals surface area contributed by atoms with Crippen molar-refractivity contribution in [2.45, 2.75) is 30.7 Å². The highest BCUT2D eigenvalue weighted by molar-refractivity contribution is 7.89. The first-order valence-corrected chi connectivity index (χ1v) is 13.8. The molecule has 184 valence electrons. The third kappa shape index (κ3) is 6.85. The van der Waals surface area contributed by atoms with E-state index in [9.17, 15) is 13.2 Å². The van der Waals surface area contributed by atoms with Crippen molar-refractivity contribution in [3.8, 4) is 0 Å². The molecule has 0 saturated carbocycles. The minimum Gasteiger partial charge on any atom is -0.342 e. The Balaban J connectivity index is 1.46. The van der Waals surface area contributed by atoms with E-state index in [4.69, 9.17) is 23.2 Å². The Morgan fingerprint density at radius 1 is 0.857 bits per heavy atom. The number of benzene rings is 3. The zero-order valence-corrected chi connectivity index (χ0v) is 21.6. The molecule has 1 amide bonds. The van der Waals surface area contributed by atoms with Crippen LogP contribution in [0.3, 0.4) is 0 Å². The molecule has 3 aromatic rings. The van der Waals surface area contributed by atoms with E-state index in [0.717, 1.165) is 19.3 Å². The number of carbonyl (C=O) groups is 1. The molecule has 5 nitrogen and oxygen atoms in total. The largest absolute Gasteiger partial charge is 0.342 e. The SMILES string of the molecule is O=C(CN(Cc1cccc(Cl)c1)S(=O)(=O)c1ccc(Cl)cc1)N1CCC(Cc2ccccc2)CC1.